The Bertz CT molecular complexity index is 631. The second kappa shape index (κ2) is 7.41. The van der Waals surface area contributed by atoms with Crippen LogP contribution in [0.2, 0.25) is 0 Å². The van der Waals surface area contributed by atoms with E-state index in [0.717, 1.165) is 9.13 Å². The molecule has 0 spiro atoms. The van der Waals surface area contributed by atoms with E-state index in [9.17, 15) is 19.2 Å². The molecule has 0 fully saturated rings. The zero-order valence-corrected chi connectivity index (χ0v) is 12.4. The van der Waals surface area contributed by atoms with Crippen molar-refractivity contribution in [1.82, 2.24) is 14.0 Å². The Kier molecular flexibility index (Phi) is 5.89. The van der Waals surface area contributed by atoms with Gasteiger partial charge in [0.25, 0.3) is 5.56 Å². The molecule has 0 N–H and O–H groups in total. The van der Waals surface area contributed by atoms with Crippen LogP contribution in [0, 0.1) is 0 Å². The average Bonchev–Trinajstić information content (AvgIpc) is 2.45. The Morgan fingerprint density at radius 3 is 2.52 bits per heavy atom. The molecule has 0 atom stereocenters. The van der Waals surface area contributed by atoms with Crippen molar-refractivity contribution in [3.63, 3.8) is 0 Å². The number of carbonyl (C=O) groups excluding carboxylic acids is 2. The predicted octanol–water partition coefficient (Wildman–Crippen LogP) is -1.04. The molecule has 116 valence electrons. The van der Waals surface area contributed by atoms with E-state index in [0.29, 0.717) is 6.54 Å². The number of likely N-dealkylation sites (N-methyl/N-ethyl adjacent to an activating group) is 1. The van der Waals surface area contributed by atoms with Crippen molar-refractivity contribution in [1.29, 1.82) is 0 Å². The zero-order chi connectivity index (χ0) is 16.0. The molecule has 1 aromatic rings. The Hall–Kier alpha value is -2.38. The molecule has 21 heavy (non-hydrogen) atoms. The second-order valence-corrected chi connectivity index (χ2v) is 4.34. The maximum Gasteiger partial charge on any atom is 0.331 e. The lowest BCUT2D eigenvalue weighted by Gasteiger charge is -2.20. The molecule has 1 amide bonds. The average molecular weight is 297 g/mol. The van der Waals surface area contributed by atoms with Gasteiger partial charge in [0.2, 0.25) is 5.91 Å². The quantitative estimate of drug-likeness (QED) is 0.625. The summed E-state index contributed by atoms with van der Waals surface area (Å²) in [5.74, 6) is -0.896. The molecule has 0 saturated carbocycles. The van der Waals surface area contributed by atoms with Crippen molar-refractivity contribution in [2.45, 2.75) is 20.4 Å². The van der Waals surface area contributed by atoms with Gasteiger partial charge in [-0.3, -0.25) is 23.5 Å². The Morgan fingerprint density at radius 1 is 1.29 bits per heavy atom. The van der Waals surface area contributed by atoms with Gasteiger partial charge >= 0.3 is 11.7 Å². The summed E-state index contributed by atoms with van der Waals surface area (Å²) >= 11 is 0. The molecule has 1 heterocycles. The fraction of sp³-hybridized carbons (Fsp3) is 0.538. The first-order valence-corrected chi connectivity index (χ1v) is 6.60. The summed E-state index contributed by atoms with van der Waals surface area (Å²) in [6.07, 6.45) is 1.26. The lowest BCUT2D eigenvalue weighted by atomic mass is 10.4. The first kappa shape index (κ1) is 16.7. The van der Waals surface area contributed by atoms with Gasteiger partial charge in [0.15, 0.2) is 0 Å². The molecule has 0 saturated heterocycles. The van der Waals surface area contributed by atoms with Gasteiger partial charge in [-0.1, -0.05) is 0 Å². The van der Waals surface area contributed by atoms with E-state index in [2.05, 4.69) is 0 Å². The van der Waals surface area contributed by atoms with Gasteiger partial charge in [0.05, 0.1) is 6.61 Å². The molecular weight excluding hydrogens is 278 g/mol. The lowest BCUT2D eigenvalue weighted by molar-refractivity contribution is -0.149. The van der Waals surface area contributed by atoms with Crippen molar-refractivity contribution < 1.29 is 14.3 Å². The summed E-state index contributed by atoms with van der Waals surface area (Å²) < 4.78 is 6.82. The van der Waals surface area contributed by atoms with E-state index in [-0.39, 0.29) is 19.7 Å². The maximum atomic E-state index is 12.1. The van der Waals surface area contributed by atoms with Crippen molar-refractivity contribution in [2.24, 2.45) is 7.05 Å². The van der Waals surface area contributed by atoms with Crippen LogP contribution >= 0.6 is 0 Å². The highest BCUT2D eigenvalue weighted by Crippen LogP contribution is 1.94. The monoisotopic (exact) mass is 297 g/mol. The van der Waals surface area contributed by atoms with Crippen LogP contribution in [0.5, 0.6) is 0 Å². The number of esters is 1. The van der Waals surface area contributed by atoms with Crippen molar-refractivity contribution in [3.05, 3.63) is 33.1 Å². The van der Waals surface area contributed by atoms with Crippen LogP contribution in [0.1, 0.15) is 13.8 Å². The fourth-order valence-corrected chi connectivity index (χ4v) is 1.72. The summed E-state index contributed by atoms with van der Waals surface area (Å²) in [6, 6.07) is 1.20. The Morgan fingerprint density at radius 2 is 1.95 bits per heavy atom. The van der Waals surface area contributed by atoms with Crippen LogP contribution in [0.25, 0.3) is 0 Å². The number of nitrogens with zero attached hydrogens (tertiary/aromatic N) is 3. The van der Waals surface area contributed by atoms with E-state index >= 15 is 0 Å². The van der Waals surface area contributed by atoms with Crippen molar-refractivity contribution in [3.8, 4) is 0 Å². The van der Waals surface area contributed by atoms with Gasteiger partial charge in [-0.05, 0) is 13.8 Å². The third-order valence-corrected chi connectivity index (χ3v) is 2.93. The molecule has 8 heteroatoms. The summed E-state index contributed by atoms with van der Waals surface area (Å²) in [5.41, 5.74) is -1.02. The highest BCUT2D eigenvalue weighted by Gasteiger charge is 2.17. The highest BCUT2D eigenvalue weighted by molar-refractivity contribution is 5.81. The van der Waals surface area contributed by atoms with Crippen LogP contribution < -0.4 is 11.2 Å². The summed E-state index contributed by atoms with van der Waals surface area (Å²) in [5, 5.41) is 0. The van der Waals surface area contributed by atoms with Crippen LogP contribution in [0.4, 0.5) is 0 Å². The lowest BCUT2D eigenvalue weighted by Crippen LogP contribution is -2.43. The van der Waals surface area contributed by atoms with Gasteiger partial charge in [-0.25, -0.2) is 4.79 Å². The smallest absolute Gasteiger partial charge is 0.331 e. The molecule has 0 aromatic carbocycles. The van der Waals surface area contributed by atoms with E-state index < -0.39 is 23.1 Å². The first-order valence-electron chi connectivity index (χ1n) is 6.60. The molecule has 0 bridgehead atoms. The van der Waals surface area contributed by atoms with Gasteiger partial charge in [-0.15, -0.1) is 0 Å². The van der Waals surface area contributed by atoms with Crippen LogP contribution in [0.15, 0.2) is 21.9 Å². The van der Waals surface area contributed by atoms with Crippen LogP contribution in [0.3, 0.4) is 0 Å². The molecule has 0 radical (unpaired) electrons. The largest absolute Gasteiger partial charge is 0.465 e. The molecule has 0 aliphatic carbocycles. The van der Waals surface area contributed by atoms with Crippen LogP contribution in [-0.4, -0.2) is 45.6 Å². The molecule has 0 aliphatic rings. The van der Waals surface area contributed by atoms with Gasteiger partial charge in [0.1, 0.15) is 13.1 Å². The van der Waals surface area contributed by atoms with Gasteiger partial charge in [0, 0.05) is 25.9 Å². The highest BCUT2D eigenvalue weighted by atomic mass is 16.5. The Labute approximate surface area is 121 Å². The number of ether oxygens (including phenoxy) is 1. The number of rotatable bonds is 6. The molecule has 0 aliphatic heterocycles. The number of hydrogen-bond acceptors (Lipinski definition) is 5. The zero-order valence-electron chi connectivity index (χ0n) is 12.4. The standard InChI is InChI=1S/C13H19N3O5/c1-4-15(9-12(19)21-5-2)11(18)8-16-7-6-10(17)14(3)13(16)20/h6-7H,4-5,8-9H2,1-3H3. The van der Waals surface area contributed by atoms with Crippen LogP contribution in [-0.2, 0) is 27.9 Å². The first-order chi connectivity index (χ1) is 9.90. The summed E-state index contributed by atoms with van der Waals surface area (Å²) in [4.78, 5) is 47.9. The number of aromatic nitrogens is 2. The topological polar surface area (TPSA) is 90.6 Å². The van der Waals surface area contributed by atoms with E-state index in [1.807, 2.05) is 0 Å². The van der Waals surface area contributed by atoms with Gasteiger partial charge < -0.3 is 9.64 Å². The SMILES string of the molecule is CCOC(=O)CN(CC)C(=O)Cn1ccc(=O)n(C)c1=O. The van der Waals surface area contributed by atoms with E-state index in [1.54, 1.807) is 13.8 Å². The number of hydrogen-bond donors (Lipinski definition) is 0. The number of amides is 1. The summed E-state index contributed by atoms with van der Waals surface area (Å²) in [6.45, 7) is 3.56. The predicted molar refractivity (Wildman–Crippen MR) is 74.8 cm³/mol. The van der Waals surface area contributed by atoms with E-state index in [1.165, 1.54) is 24.2 Å². The summed E-state index contributed by atoms with van der Waals surface area (Å²) in [7, 11) is 1.34. The third kappa shape index (κ3) is 4.30. The van der Waals surface area contributed by atoms with Crippen molar-refractivity contribution in [2.75, 3.05) is 19.7 Å². The molecule has 1 rings (SSSR count). The molecule has 0 unspecified atom stereocenters. The maximum absolute atomic E-state index is 12.1. The van der Waals surface area contributed by atoms with E-state index in [4.69, 9.17) is 4.74 Å². The minimum atomic E-state index is -0.581. The second-order valence-electron chi connectivity index (χ2n) is 4.34. The molecular formula is C13H19N3O5. The van der Waals surface area contributed by atoms with Crippen molar-refractivity contribution >= 4 is 11.9 Å². The van der Waals surface area contributed by atoms with Gasteiger partial charge in [-0.2, -0.15) is 0 Å². The third-order valence-electron chi connectivity index (χ3n) is 2.93. The minimum Gasteiger partial charge on any atom is -0.465 e. The fourth-order valence-electron chi connectivity index (χ4n) is 1.72. The number of carbonyl (C=O) groups is 2. The molecule has 1 aromatic heterocycles. The molecule has 8 nitrogen and oxygen atoms in total. The Balaban J connectivity index is 2.84. The minimum absolute atomic E-state index is 0.163. The normalized spacial score (nSPS) is 10.2.